The Morgan fingerprint density at radius 1 is 0.891 bits per heavy atom. The van der Waals surface area contributed by atoms with Gasteiger partial charge in [-0.1, -0.05) is 66.7 Å². The normalized spacial score (nSPS) is 19.9. The molecule has 0 spiro atoms. The molecule has 1 aliphatic carbocycles. The lowest BCUT2D eigenvalue weighted by Crippen LogP contribution is -2.63. The SMILES string of the molecule is CCCCC(NC(=O)C1CCCN1C(=O)C(NC(=O)NC1(CS(=O)(=O)C(C)(C)C)CCCCC1)C(C)(C)C)C(=O)C(=O)NCCC. The number of carbonyl (C=O) groups excluding carboxylic acids is 5. The Labute approximate surface area is 276 Å². The van der Waals surface area contributed by atoms with Crippen molar-refractivity contribution in [2.24, 2.45) is 5.41 Å². The number of hydrogen-bond donors (Lipinski definition) is 4. The first-order valence-corrected chi connectivity index (χ1v) is 18.7. The number of likely N-dealkylation sites (tertiary alicyclic amines) is 1. The van der Waals surface area contributed by atoms with Crippen molar-refractivity contribution in [3.8, 4) is 0 Å². The third-order valence-electron chi connectivity index (χ3n) is 9.05. The van der Waals surface area contributed by atoms with Gasteiger partial charge < -0.3 is 26.2 Å². The van der Waals surface area contributed by atoms with Crippen molar-refractivity contribution in [3.05, 3.63) is 0 Å². The highest BCUT2D eigenvalue weighted by molar-refractivity contribution is 7.92. The molecule has 2 aliphatic rings. The van der Waals surface area contributed by atoms with E-state index in [4.69, 9.17) is 0 Å². The van der Waals surface area contributed by atoms with Gasteiger partial charge in [0.15, 0.2) is 9.84 Å². The fourth-order valence-electron chi connectivity index (χ4n) is 6.07. The number of sulfone groups is 1. The van der Waals surface area contributed by atoms with Crippen LogP contribution in [0.15, 0.2) is 0 Å². The summed E-state index contributed by atoms with van der Waals surface area (Å²) in [4.78, 5) is 68.0. The van der Waals surface area contributed by atoms with Gasteiger partial charge in [0.2, 0.25) is 17.6 Å². The maximum absolute atomic E-state index is 14.1. The molecule has 1 saturated carbocycles. The van der Waals surface area contributed by atoms with Crippen LogP contribution in [-0.2, 0) is 29.0 Å². The molecule has 0 aromatic rings. The Balaban J connectivity index is 2.24. The quantitative estimate of drug-likeness (QED) is 0.206. The largest absolute Gasteiger partial charge is 0.349 e. The zero-order valence-corrected chi connectivity index (χ0v) is 30.2. The number of rotatable bonds is 14. The van der Waals surface area contributed by atoms with E-state index in [9.17, 15) is 32.4 Å². The third-order valence-corrected chi connectivity index (χ3v) is 11.9. The van der Waals surface area contributed by atoms with Gasteiger partial charge in [0, 0.05) is 13.1 Å². The van der Waals surface area contributed by atoms with Crippen molar-refractivity contribution in [2.45, 2.75) is 154 Å². The van der Waals surface area contributed by atoms with E-state index in [0.717, 1.165) is 25.7 Å². The van der Waals surface area contributed by atoms with Crippen molar-refractivity contribution in [1.29, 1.82) is 0 Å². The molecule has 5 amide bonds. The smallest absolute Gasteiger partial charge is 0.315 e. The van der Waals surface area contributed by atoms with Crippen molar-refractivity contribution >= 4 is 39.4 Å². The Hall–Kier alpha value is -2.70. The molecule has 0 aromatic heterocycles. The first-order valence-electron chi connectivity index (χ1n) is 17.0. The van der Waals surface area contributed by atoms with Crippen molar-refractivity contribution < 1.29 is 32.4 Å². The number of Topliss-reactive ketones (excluding diaryl/α,β-unsaturated/α-hetero) is 1. The van der Waals surface area contributed by atoms with E-state index in [1.165, 1.54) is 4.90 Å². The minimum atomic E-state index is -3.55. The van der Waals surface area contributed by atoms with Crippen LogP contribution < -0.4 is 21.3 Å². The number of hydrogen-bond acceptors (Lipinski definition) is 7. The van der Waals surface area contributed by atoms with Gasteiger partial charge in [-0.05, 0) is 64.7 Å². The molecule has 3 unspecified atom stereocenters. The summed E-state index contributed by atoms with van der Waals surface area (Å²) < 4.78 is 25.5. The molecule has 4 N–H and O–H groups in total. The number of nitrogens with zero attached hydrogens (tertiary/aromatic N) is 1. The number of urea groups is 1. The van der Waals surface area contributed by atoms with Crippen LogP contribution in [0.4, 0.5) is 4.79 Å². The minimum absolute atomic E-state index is 0.187. The zero-order chi connectivity index (χ0) is 34.9. The lowest BCUT2D eigenvalue weighted by Gasteiger charge is -2.41. The molecule has 0 radical (unpaired) electrons. The predicted molar refractivity (Wildman–Crippen MR) is 179 cm³/mol. The molecule has 3 atom stereocenters. The van der Waals surface area contributed by atoms with Crippen LogP contribution in [0.25, 0.3) is 0 Å². The Bertz CT molecular complexity index is 1200. The average molecular weight is 670 g/mol. The van der Waals surface area contributed by atoms with Crippen LogP contribution in [0.3, 0.4) is 0 Å². The topological polar surface area (TPSA) is 171 Å². The van der Waals surface area contributed by atoms with E-state index in [0.29, 0.717) is 58.0 Å². The van der Waals surface area contributed by atoms with E-state index < -0.39 is 73.2 Å². The molecule has 0 aromatic carbocycles. The van der Waals surface area contributed by atoms with Crippen molar-refractivity contribution in [3.63, 3.8) is 0 Å². The minimum Gasteiger partial charge on any atom is -0.349 e. The second-order valence-corrected chi connectivity index (χ2v) is 17.9. The molecule has 1 saturated heterocycles. The van der Waals surface area contributed by atoms with Crippen LogP contribution in [0.5, 0.6) is 0 Å². The van der Waals surface area contributed by atoms with Crippen molar-refractivity contribution in [1.82, 2.24) is 26.2 Å². The summed E-state index contributed by atoms with van der Waals surface area (Å²) in [6, 6.07) is -3.50. The molecule has 12 nitrogen and oxygen atoms in total. The summed E-state index contributed by atoms with van der Waals surface area (Å²) in [5, 5.41) is 11.1. The third kappa shape index (κ3) is 10.7. The number of ketones is 1. The van der Waals surface area contributed by atoms with Crippen LogP contribution in [0, 0.1) is 5.41 Å². The lowest BCUT2D eigenvalue weighted by atomic mass is 9.83. The lowest BCUT2D eigenvalue weighted by molar-refractivity contribution is -0.143. The first kappa shape index (κ1) is 39.5. The van der Waals surface area contributed by atoms with Crippen LogP contribution in [-0.4, -0.2) is 90.1 Å². The highest BCUT2D eigenvalue weighted by Gasteiger charge is 2.45. The average Bonchev–Trinajstić information content (AvgIpc) is 3.45. The van der Waals surface area contributed by atoms with Gasteiger partial charge in [-0.2, -0.15) is 0 Å². The Morgan fingerprint density at radius 2 is 1.52 bits per heavy atom. The molecule has 2 rings (SSSR count). The molecule has 46 heavy (non-hydrogen) atoms. The highest BCUT2D eigenvalue weighted by atomic mass is 32.2. The van der Waals surface area contributed by atoms with Gasteiger partial charge in [0.05, 0.1) is 22.1 Å². The van der Waals surface area contributed by atoms with Crippen LogP contribution in [0.1, 0.15) is 126 Å². The van der Waals surface area contributed by atoms with Gasteiger partial charge >= 0.3 is 6.03 Å². The van der Waals surface area contributed by atoms with Gasteiger partial charge in [-0.15, -0.1) is 0 Å². The Kier molecular flexibility index (Phi) is 14.1. The standard InChI is InChI=1S/C33H59N5O7S/c1-9-11-16-23(25(39)28(41)34-20-10-2)35-27(40)24-17-15-21-38(24)29(42)26(31(3,4)5)36-30(43)37-33(18-13-12-14-19-33)22-46(44,45)32(6,7)8/h23-24,26H,9-22H2,1-8H3,(H,34,41)(H,35,40)(H2,36,37,43). The molecular formula is C33H59N5O7S. The van der Waals surface area contributed by atoms with E-state index in [1.54, 1.807) is 20.8 Å². The predicted octanol–water partition coefficient (Wildman–Crippen LogP) is 3.38. The fraction of sp³-hybridized carbons (Fsp3) is 0.848. The summed E-state index contributed by atoms with van der Waals surface area (Å²) >= 11 is 0. The van der Waals surface area contributed by atoms with E-state index >= 15 is 0 Å². The maximum atomic E-state index is 14.1. The second-order valence-electron chi connectivity index (χ2n) is 15.1. The monoisotopic (exact) mass is 669 g/mol. The number of amides is 5. The molecular weight excluding hydrogens is 610 g/mol. The van der Waals surface area contributed by atoms with E-state index in [1.807, 2.05) is 34.6 Å². The molecule has 264 valence electrons. The molecule has 1 heterocycles. The van der Waals surface area contributed by atoms with E-state index in [-0.39, 0.29) is 5.75 Å². The highest BCUT2D eigenvalue weighted by Crippen LogP contribution is 2.33. The van der Waals surface area contributed by atoms with Gasteiger partial charge in [-0.3, -0.25) is 19.2 Å². The molecule has 1 aliphatic heterocycles. The second kappa shape index (κ2) is 16.4. The first-order chi connectivity index (χ1) is 21.3. The zero-order valence-electron chi connectivity index (χ0n) is 29.3. The molecule has 2 fully saturated rings. The van der Waals surface area contributed by atoms with Crippen LogP contribution >= 0.6 is 0 Å². The molecule has 13 heteroatoms. The number of carbonyl (C=O) groups is 5. The maximum Gasteiger partial charge on any atom is 0.315 e. The van der Waals surface area contributed by atoms with Gasteiger partial charge in [0.25, 0.3) is 5.91 Å². The molecule has 0 bridgehead atoms. The Morgan fingerprint density at radius 3 is 2.07 bits per heavy atom. The number of unbranched alkanes of at least 4 members (excludes halogenated alkanes) is 1. The summed E-state index contributed by atoms with van der Waals surface area (Å²) in [6.07, 6.45) is 6.89. The summed E-state index contributed by atoms with van der Waals surface area (Å²) in [5.74, 6) is -2.57. The van der Waals surface area contributed by atoms with Gasteiger partial charge in [0.1, 0.15) is 12.1 Å². The summed E-state index contributed by atoms with van der Waals surface area (Å²) in [6.45, 7) is 14.9. The summed E-state index contributed by atoms with van der Waals surface area (Å²) in [7, 11) is -3.55. The fourth-order valence-corrected chi connectivity index (χ4v) is 7.59. The summed E-state index contributed by atoms with van der Waals surface area (Å²) in [5.41, 5.74) is -1.69. The number of nitrogens with one attached hydrogen (secondary N) is 4. The van der Waals surface area contributed by atoms with Crippen LogP contribution in [0.2, 0.25) is 0 Å². The van der Waals surface area contributed by atoms with Gasteiger partial charge in [-0.25, -0.2) is 13.2 Å². The van der Waals surface area contributed by atoms with E-state index in [2.05, 4.69) is 21.3 Å². The van der Waals surface area contributed by atoms with Crippen molar-refractivity contribution in [2.75, 3.05) is 18.8 Å².